The summed E-state index contributed by atoms with van der Waals surface area (Å²) in [5.74, 6) is -1.72. The Morgan fingerprint density at radius 3 is 1.27 bits per heavy atom. The summed E-state index contributed by atoms with van der Waals surface area (Å²) in [6.07, 6.45) is 31.2. The lowest BCUT2D eigenvalue weighted by Gasteiger charge is -2.34. The van der Waals surface area contributed by atoms with E-state index in [1.807, 2.05) is 0 Å². The number of nitrogens with zero attached hydrogens (tertiary/aromatic N) is 1. The maximum atomic E-state index is 12.7. The van der Waals surface area contributed by atoms with Crippen molar-refractivity contribution in [1.29, 1.82) is 0 Å². The number of ether oxygens (including phenoxy) is 3. The first-order chi connectivity index (χ1) is 23.6. The van der Waals surface area contributed by atoms with Crippen LogP contribution in [0.15, 0.2) is 0 Å². The number of carbonyl (C=O) groups is 3. The van der Waals surface area contributed by atoms with E-state index < -0.39 is 18.1 Å². The number of hydrogen-bond donors (Lipinski definition) is 0. The van der Waals surface area contributed by atoms with Gasteiger partial charge in [0.2, 0.25) is 0 Å². The van der Waals surface area contributed by atoms with E-state index in [9.17, 15) is 19.5 Å². The summed E-state index contributed by atoms with van der Waals surface area (Å²) in [5, 5.41) is 11.6. The molecule has 0 saturated carbocycles. The first kappa shape index (κ1) is 47.3. The van der Waals surface area contributed by atoms with Gasteiger partial charge >= 0.3 is 11.9 Å². The number of quaternary nitrogens is 1. The smallest absolute Gasteiger partial charge is 0.306 e. The Morgan fingerprint density at radius 1 is 0.531 bits per heavy atom. The number of carbonyl (C=O) groups excluding carboxylic acids is 3. The zero-order valence-electron chi connectivity index (χ0n) is 32.9. The molecule has 0 amide bonds. The van der Waals surface area contributed by atoms with E-state index in [2.05, 4.69) is 13.8 Å². The molecule has 0 aromatic rings. The van der Waals surface area contributed by atoms with Crippen molar-refractivity contribution in [2.75, 3.05) is 41.0 Å². The van der Waals surface area contributed by atoms with Crippen LogP contribution >= 0.6 is 0 Å². The quantitative estimate of drug-likeness (QED) is 0.0362. The number of likely N-dealkylation sites (N-methyl/N-ethyl adjacent to an activating group) is 1. The van der Waals surface area contributed by atoms with Crippen LogP contribution in [0.25, 0.3) is 0 Å². The zero-order chi connectivity index (χ0) is 36.4. The van der Waals surface area contributed by atoms with Gasteiger partial charge in [0.05, 0.1) is 40.3 Å². The molecule has 0 rings (SSSR count). The highest BCUT2D eigenvalue weighted by Crippen LogP contribution is 2.15. The van der Waals surface area contributed by atoms with Gasteiger partial charge in [0, 0.05) is 19.3 Å². The van der Waals surface area contributed by atoms with Gasteiger partial charge in [-0.25, -0.2) is 0 Å². The van der Waals surface area contributed by atoms with Gasteiger partial charge in [-0.1, -0.05) is 162 Å². The van der Waals surface area contributed by atoms with Crippen LogP contribution < -0.4 is 5.11 Å². The number of carboxylic acid groups (broad SMARTS) is 1. The Labute approximate surface area is 302 Å². The standard InChI is InChI=1S/C41H79NO7/c1-6-8-10-12-14-16-17-18-19-20-21-22-24-26-28-30-32-40(44)49-37(35-47-34-33-38(41(45)46)42(3,4)5)36-48-39(43)31-29-27-25-23-15-13-11-9-7-2/h37-38H,6-36H2,1-5H3. The number of hydrogen-bond acceptors (Lipinski definition) is 7. The third-order valence-electron chi connectivity index (χ3n) is 9.49. The van der Waals surface area contributed by atoms with Crippen molar-refractivity contribution in [1.82, 2.24) is 0 Å². The Morgan fingerprint density at radius 2 is 0.898 bits per heavy atom. The number of aliphatic carboxylic acids is 1. The Bertz CT molecular complexity index is 782. The monoisotopic (exact) mass is 698 g/mol. The molecule has 0 radical (unpaired) electrons. The number of unbranched alkanes of at least 4 members (excludes halogenated alkanes) is 23. The van der Waals surface area contributed by atoms with Gasteiger partial charge in [0.25, 0.3) is 0 Å². The molecule has 0 aromatic carbocycles. The van der Waals surface area contributed by atoms with Crippen LogP contribution in [0.4, 0.5) is 0 Å². The topological polar surface area (TPSA) is 102 Å². The second-order valence-corrected chi connectivity index (χ2v) is 15.2. The van der Waals surface area contributed by atoms with E-state index in [1.165, 1.54) is 122 Å². The van der Waals surface area contributed by atoms with Crippen molar-refractivity contribution >= 4 is 17.9 Å². The highest BCUT2D eigenvalue weighted by molar-refractivity contribution is 5.70. The summed E-state index contributed by atoms with van der Waals surface area (Å²) in [4.78, 5) is 36.6. The van der Waals surface area contributed by atoms with Gasteiger partial charge < -0.3 is 28.6 Å². The SMILES string of the molecule is CCCCCCCCCCCCCCCCCCC(=O)OC(COCCC(C(=O)[O-])[N+](C)(C)C)COC(=O)CCCCCCCCCCC. The van der Waals surface area contributed by atoms with Crippen LogP contribution in [0.3, 0.4) is 0 Å². The van der Waals surface area contributed by atoms with Crippen molar-refractivity contribution in [2.24, 2.45) is 0 Å². The van der Waals surface area contributed by atoms with Crippen molar-refractivity contribution in [2.45, 2.75) is 206 Å². The molecular weight excluding hydrogens is 618 g/mol. The Balaban J connectivity index is 4.31. The molecule has 0 aliphatic rings. The molecule has 0 aliphatic heterocycles. The van der Waals surface area contributed by atoms with Gasteiger partial charge in [-0.05, 0) is 12.8 Å². The lowest BCUT2D eigenvalue weighted by atomic mass is 10.0. The van der Waals surface area contributed by atoms with Gasteiger partial charge in [0.1, 0.15) is 12.6 Å². The second kappa shape index (κ2) is 33.5. The van der Waals surface area contributed by atoms with Gasteiger partial charge in [-0.3, -0.25) is 9.59 Å². The van der Waals surface area contributed by atoms with Gasteiger partial charge in [0.15, 0.2) is 6.10 Å². The summed E-state index contributed by atoms with van der Waals surface area (Å²) < 4.78 is 17.1. The Hall–Kier alpha value is -1.67. The largest absolute Gasteiger partial charge is 0.544 e. The fraction of sp³-hybridized carbons (Fsp3) is 0.927. The molecule has 0 aliphatic carbocycles. The van der Waals surface area contributed by atoms with Crippen molar-refractivity contribution in [3.8, 4) is 0 Å². The predicted octanol–water partition coefficient (Wildman–Crippen LogP) is 9.25. The van der Waals surface area contributed by atoms with Crippen molar-refractivity contribution < 1.29 is 38.2 Å². The second-order valence-electron chi connectivity index (χ2n) is 15.2. The lowest BCUT2D eigenvalue weighted by molar-refractivity contribution is -0.889. The van der Waals surface area contributed by atoms with Crippen LogP contribution in [0.5, 0.6) is 0 Å². The average molecular weight is 698 g/mol. The third-order valence-corrected chi connectivity index (χ3v) is 9.49. The normalized spacial score (nSPS) is 12.9. The van der Waals surface area contributed by atoms with E-state index in [0.29, 0.717) is 12.8 Å². The molecule has 2 unspecified atom stereocenters. The molecule has 0 saturated heterocycles. The molecule has 8 heteroatoms. The number of carboxylic acids is 1. The van der Waals surface area contributed by atoms with Crippen LogP contribution in [0.1, 0.15) is 194 Å². The molecule has 0 heterocycles. The van der Waals surface area contributed by atoms with E-state index >= 15 is 0 Å². The minimum atomic E-state index is -1.12. The van der Waals surface area contributed by atoms with Crippen LogP contribution in [0.2, 0.25) is 0 Å². The van der Waals surface area contributed by atoms with Crippen LogP contribution in [-0.2, 0) is 28.6 Å². The molecule has 0 aromatic heterocycles. The average Bonchev–Trinajstić information content (AvgIpc) is 3.05. The summed E-state index contributed by atoms with van der Waals surface area (Å²) >= 11 is 0. The van der Waals surface area contributed by atoms with E-state index in [0.717, 1.165) is 38.5 Å². The molecule has 0 spiro atoms. The molecule has 0 bridgehead atoms. The molecule has 2 atom stereocenters. The minimum Gasteiger partial charge on any atom is -0.544 e. The molecular formula is C41H79NO7. The molecule has 8 nitrogen and oxygen atoms in total. The molecule has 0 fully saturated rings. The summed E-state index contributed by atoms with van der Waals surface area (Å²) in [6, 6.07) is -0.718. The lowest BCUT2D eigenvalue weighted by Crippen LogP contribution is -2.55. The first-order valence-electron chi connectivity index (χ1n) is 20.6. The fourth-order valence-electron chi connectivity index (χ4n) is 6.25. The first-order valence-corrected chi connectivity index (χ1v) is 20.6. The summed E-state index contributed by atoms with van der Waals surface area (Å²) in [5.41, 5.74) is 0. The number of rotatable bonds is 37. The highest BCUT2D eigenvalue weighted by atomic mass is 16.6. The predicted molar refractivity (Wildman–Crippen MR) is 199 cm³/mol. The van der Waals surface area contributed by atoms with E-state index in [1.54, 1.807) is 21.1 Å². The van der Waals surface area contributed by atoms with Gasteiger partial charge in [-0.15, -0.1) is 0 Å². The van der Waals surface area contributed by atoms with Gasteiger partial charge in [-0.2, -0.15) is 0 Å². The van der Waals surface area contributed by atoms with Crippen molar-refractivity contribution in [3.05, 3.63) is 0 Å². The fourth-order valence-corrected chi connectivity index (χ4v) is 6.25. The molecule has 290 valence electrons. The van der Waals surface area contributed by atoms with E-state index in [-0.39, 0.29) is 42.7 Å². The number of esters is 2. The summed E-state index contributed by atoms with van der Waals surface area (Å²) in [7, 11) is 5.41. The molecule has 0 N–H and O–H groups in total. The minimum absolute atomic E-state index is 0.0485. The van der Waals surface area contributed by atoms with E-state index in [4.69, 9.17) is 14.2 Å². The molecule has 49 heavy (non-hydrogen) atoms. The maximum Gasteiger partial charge on any atom is 0.306 e. The van der Waals surface area contributed by atoms with Crippen molar-refractivity contribution in [3.63, 3.8) is 0 Å². The third kappa shape index (κ3) is 32.0. The highest BCUT2D eigenvalue weighted by Gasteiger charge is 2.25. The van der Waals surface area contributed by atoms with Crippen LogP contribution in [0, 0.1) is 0 Å². The zero-order valence-corrected chi connectivity index (χ0v) is 32.9. The maximum absolute atomic E-state index is 12.7. The Kier molecular flexibility index (Phi) is 32.3. The summed E-state index contributed by atoms with van der Waals surface area (Å²) in [6.45, 7) is 4.66. The van der Waals surface area contributed by atoms with Crippen LogP contribution in [-0.4, -0.2) is 75.5 Å².